The molecule has 1 saturated heterocycles. The summed E-state index contributed by atoms with van der Waals surface area (Å²) in [5.41, 5.74) is 2.42. The molecule has 2 N–H and O–H groups in total. The maximum absolute atomic E-state index is 13.7. The first-order valence-corrected chi connectivity index (χ1v) is 15.0. The highest BCUT2D eigenvalue weighted by Gasteiger charge is 2.31. The average Bonchev–Trinajstić information content (AvgIpc) is 3.37. The van der Waals surface area contributed by atoms with E-state index in [2.05, 4.69) is 58.7 Å². The Morgan fingerprint density at radius 2 is 1.90 bits per heavy atom. The molecule has 2 aliphatic carbocycles. The number of amides is 1. The Hall–Kier alpha value is -3.11. The van der Waals surface area contributed by atoms with Gasteiger partial charge in [-0.25, -0.2) is 8.78 Å². The molecule has 0 bridgehead atoms. The summed E-state index contributed by atoms with van der Waals surface area (Å²) < 4.78 is 32.9. The number of aromatic nitrogens is 2. The molecule has 41 heavy (non-hydrogen) atoms. The Balaban J connectivity index is 1.33. The zero-order valence-corrected chi connectivity index (χ0v) is 24.8. The maximum Gasteiger partial charge on any atom is 0.315 e. The summed E-state index contributed by atoms with van der Waals surface area (Å²) in [7, 11) is 0. The van der Waals surface area contributed by atoms with E-state index >= 15 is 0 Å². The summed E-state index contributed by atoms with van der Waals surface area (Å²) in [6.45, 7) is 12.2. The quantitative estimate of drug-likeness (QED) is 0.333. The number of carbonyl (C=O) groups is 1. The van der Waals surface area contributed by atoms with E-state index in [0.29, 0.717) is 49.2 Å². The number of hydrogen-bond donors (Lipinski definition) is 2. The van der Waals surface area contributed by atoms with Gasteiger partial charge in [-0.1, -0.05) is 36.7 Å². The van der Waals surface area contributed by atoms with Gasteiger partial charge in [0.1, 0.15) is 5.83 Å². The number of hydrogen-bond acceptors (Lipinski definition) is 7. The zero-order chi connectivity index (χ0) is 29.4. The third-order valence-electron chi connectivity index (χ3n) is 8.27. The van der Waals surface area contributed by atoms with Gasteiger partial charge in [-0.3, -0.25) is 9.69 Å². The van der Waals surface area contributed by atoms with E-state index in [1.165, 1.54) is 0 Å². The van der Waals surface area contributed by atoms with Crippen molar-refractivity contribution in [1.29, 1.82) is 0 Å². The van der Waals surface area contributed by atoms with Crippen molar-refractivity contribution < 1.29 is 18.0 Å². The second-order valence-electron chi connectivity index (χ2n) is 10.9. The molecule has 2 heterocycles. The number of likely N-dealkylation sites (tertiary alicyclic amines) is 1. The van der Waals surface area contributed by atoms with Crippen molar-refractivity contribution in [3.05, 3.63) is 59.1 Å². The Bertz CT molecular complexity index is 1200. The lowest BCUT2D eigenvalue weighted by molar-refractivity contribution is -0.129. The van der Waals surface area contributed by atoms with Crippen molar-refractivity contribution in [3.8, 4) is 0 Å². The molecule has 0 spiro atoms. The number of rotatable bonds is 12. The Labute approximate surface area is 242 Å². The number of allylic oxidation sites excluding steroid dienone is 7. The number of nitrogens with one attached hydrogen (secondary N) is 2. The van der Waals surface area contributed by atoms with Crippen LogP contribution in [0.5, 0.6) is 0 Å². The van der Waals surface area contributed by atoms with Crippen LogP contribution < -0.4 is 10.6 Å². The van der Waals surface area contributed by atoms with Gasteiger partial charge in [0.2, 0.25) is 11.8 Å². The van der Waals surface area contributed by atoms with Crippen LogP contribution in [0.3, 0.4) is 0 Å². The lowest BCUT2D eigenvalue weighted by Crippen LogP contribution is -2.52. The molecule has 0 radical (unpaired) electrons. The molecule has 8 nitrogen and oxygen atoms in total. The number of piperidine rings is 1. The summed E-state index contributed by atoms with van der Waals surface area (Å²) in [5, 5.41) is 15.0. The van der Waals surface area contributed by atoms with Gasteiger partial charge in [0.15, 0.2) is 5.83 Å². The van der Waals surface area contributed by atoms with E-state index in [9.17, 15) is 13.6 Å². The van der Waals surface area contributed by atoms with Crippen LogP contribution in [0.1, 0.15) is 72.1 Å². The first-order chi connectivity index (χ1) is 19.8. The smallest absolute Gasteiger partial charge is 0.315 e. The number of halogens is 2. The second kappa shape index (κ2) is 14.7. The molecular weight excluding hydrogens is 526 g/mol. The summed E-state index contributed by atoms with van der Waals surface area (Å²) in [4.78, 5) is 17.4. The predicted molar refractivity (Wildman–Crippen MR) is 158 cm³/mol. The van der Waals surface area contributed by atoms with Gasteiger partial charge in [-0.05, 0) is 64.2 Å². The molecular formula is C31H44F2N6O2. The van der Waals surface area contributed by atoms with E-state index in [1.807, 2.05) is 24.0 Å². The van der Waals surface area contributed by atoms with Crippen LogP contribution in [0.15, 0.2) is 57.6 Å². The van der Waals surface area contributed by atoms with Crippen LogP contribution in [-0.4, -0.2) is 76.8 Å². The number of anilines is 1. The summed E-state index contributed by atoms with van der Waals surface area (Å²) in [6.07, 6.45) is 13.4. The SMILES string of the molecule is CCNc1nnc(C2=CC=CC(NCCN(C(CC)CC)C3CCN(C(=O)C4=CC(F)=C(F)CC4)CC3)C(C)=C2)o1. The summed E-state index contributed by atoms with van der Waals surface area (Å²) in [5.74, 6) is -1.34. The van der Waals surface area contributed by atoms with Gasteiger partial charge in [0, 0.05) is 68.4 Å². The van der Waals surface area contributed by atoms with E-state index in [4.69, 9.17) is 4.42 Å². The third-order valence-corrected chi connectivity index (χ3v) is 8.27. The van der Waals surface area contributed by atoms with Gasteiger partial charge in [-0.15, -0.1) is 5.10 Å². The van der Waals surface area contributed by atoms with Crippen LogP contribution in [0, 0.1) is 0 Å². The van der Waals surface area contributed by atoms with Gasteiger partial charge in [-0.2, -0.15) is 0 Å². The highest BCUT2D eigenvalue weighted by Crippen LogP contribution is 2.29. The molecule has 1 aromatic rings. The molecule has 1 fully saturated rings. The van der Waals surface area contributed by atoms with Crippen molar-refractivity contribution in [1.82, 2.24) is 25.3 Å². The Kier molecular flexibility index (Phi) is 11.0. The van der Waals surface area contributed by atoms with Gasteiger partial charge in [0.25, 0.3) is 0 Å². The van der Waals surface area contributed by atoms with E-state index in [0.717, 1.165) is 56.0 Å². The molecule has 1 aromatic heterocycles. The van der Waals surface area contributed by atoms with Crippen LogP contribution >= 0.6 is 0 Å². The number of carbonyl (C=O) groups excluding carboxylic acids is 1. The maximum atomic E-state index is 13.7. The van der Waals surface area contributed by atoms with E-state index in [-0.39, 0.29) is 24.8 Å². The molecule has 4 rings (SSSR count). The fourth-order valence-electron chi connectivity index (χ4n) is 5.94. The third kappa shape index (κ3) is 7.80. The fraction of sp³-hybridized carbons (Fsp3) is 0.581. The molecule has 1 unspecified atom stereocenters. The van der Waals surface area contributed by atoms with Crippen molar-refractivity contribution in [2.45, 2.75) is 84.3 Å². The molecule has 0 aromatic carbocycles. The Morgan fingerprint density at radius 3 is 2.59 bits per heavy atom. The second-order valence-corrected chi connectivity index (χ2v) is 10.9. The van der Waals surface area contributed by atoms with Crippen molar-refractivity contribution in [2.24, 2.45) is 0 Å². The fourth-order valence-corrected chi connectivity index (χ4v) is 5.94. The minimum atomic E-state index is -0.907. The van der Waals surface area contributed by atoms with E-state index in [1.54, 1.807) is 0 Å². The van der Waals surface area contributed by atoms with Crippen LogP contribution in [-0.2, 0) is 4.79 Å². The highest BCUT2D eigenvalue weighted by atomic mass is 19.2. The van der Waals surface area contributed by atoms with Crippen molar-refractivity contribution in [3.63, 3.8) is 0 Å². The standard InChI is InChI=1S/C31H44F2N6O2/c1-5-24(6-2)39(25-13-16-38(17-14-25)30(40)23-11-12-26(32)27(33)20-23)18-15-35-28-10-8-9-22(19-21(28)4)29-36-37-31(41-29)34-7-3/h8-10,19-20,24-25,28,35H,5-7,11-18H2,1-4H3,(H,34,37). The lowest BCUT2D eigenvalue weighted by Gasteiger charge is -2.42. The zero-order valence-electron chi connectivity index (χ0n) is 24.8. The monoisotopic (exact) mass is 570 g/mol. The first kappa shape index (κ1) is 30.8. The minimum absolute atomic E-state index is 0.0358. The van der Waals surface area contributed by atoms with Crippen LogP contribution in [0.25, 0.3) is 5.57 Å². The average molecular weight is 571 g/mol. The minimum Gasteiger partial charge on any atom is -0.403 e. The van der Waals surface area contributed by atoms with Crippen LogP contribution in [0.2, 0.25) is 0 Å². The molecule has 1 aliphatic heterocycles. The van der Waals surface area contributed by atoms with Crippen molar-refractivity contribution in [2.75, 3.05) is 38.0 Å². The molecule has 3 aliphatic rings. The van der Waals surface area contributed by atoms with Crippen LogP contribution in [0.4, 0.5) is 14.8 Å². The molecule has 0 saturated carbocycles. The topological polar surface area (TPSA) is 86.5 Å². The first-order valence-electron chi connectivity index (χ1n) is 15.0. The lowest BCUT2D eigenvalue weighted by atomic mass is 9.97. The molecule has 10 heteroatoms. The summed E-state index contributed by atoms with van der Waals surface area (Å²) in [6, 6.07) is 1.34. The predicted octanol–water partition coefficient (Wildman–Crippen LogP) is 5.71. The highest BCUT2D eigenvalue weighted by molar-refractivity contribution is 5.94. The van der Waals surface area contributed by atoms with Crippen molar-refractivity contribution >= 4 is 17.5 Å². The summed E-state index contributed by atoms with van der Waals surface area (Å²) >= 11 is 0. The van der Waals surface area contributed by atoms with E-state index < -0.39 is 11.7 Å². The molecule has 1 amide bonds. The number of nitrogens with zero attached hydrogens (tertiary/aromatic N) is 4. The van der Waals surface area contributed by atoms with Gasteiger partial charge >= 0.3 is 6.01 Å². The Morgan fingerprint density at radius 1 is 1.15 bits per heavy atom. The largest absolute Gasteiger partial charge is 0.403 e. The van der Waals surface area contributed by atoms with Gasteiger partial charge < -0.3 is 20.0 Å². The molecule has 224 valence electrons. The normalized spacial score (nSPS) is 20.3. The van der Waals surface area contributed by atoms with Gasteiger partial charge in [0.05, 0.1) is 0 Å². The molecule has 1 atom stereocenters.